The zero-order valence-corrected chi connectivity index (χ0v) is 15.7. The minimum Gasteiger partial charge on any atom is -0.493 e. The lowest BCUT2D eigenvalue weighted by Gasteiger charge is -2.14. The van der Waals surface area contributed by atoms with Gasteiger partial charge < -0.3 is 15.2 Å². The van der Waals surface area contributed by atoms with Crippen molar-refractivity contribution in [2.45, 2.75) is 33.2 Å². The second-order valence-electron chi connectivity index (χ2n) is 6.32. The summed E-state index contributed by atoms with van der Waals surface area (Å²) in [7, 11) is 1.93. The van der Waals surface area contributed by atoms with Crippen LogP contribution in [0.4, 0.5) is 0 Å². The largest absolute Gasteiger partial charge is 0.493 e. The number of nitrogens with one attached hydrogen (secondary N) is 1. The fourth-order valence-electron chi connectivity index (χ4n) is 2.68. The minimum absolute atomic E-state index is 0.299. The average Bonchev–Trinajstić information content (AvgIpc) is 2.62. The Morgan fingerprint density at radius 3 is 2.73 bits per heavy atom. The van der Waals surface area contributed by atoms with E-state index in [-0.39, 0.29) is 0 Å². The molecule has 0 saturated carbocycles. The van der Waals surface area contributed by atoms with Crippen LogP contribution >= 0.6 is 0 Å². The molecule has 0 aliphatic heterocycles. The summed E-state index contributed by atoms with van der Waals surface area (Å²) in [6.07, 6.45) is 3.70. The molecule has 2 rings (SSSR count). The monoisotopic (exact) mass is 353 g/mol. The quantitative estimate of drug-likeness (QED) is 0.505. The van der Waals surface area contributed by atoms with Crippen LogP contribution in [0.3, 0.4) is 0 Å². The molecule has 2 aromatic rings. The fourth-order valence-corrected chi connectivity index (χ4v) is 2.68. The SMILES string of the molecule is CCCCOc1cc(/C=C(\C)C(=O)O)ccc1-c1cccc(CNC)c1. The zero-order valence-electron chi connectivity index (χ0n) is 15.7. The van der Waals surface area contributed by atoms with Crippen molar-refractivity contribution in [1.82, 2.24) is 5.32 Å². The smallest absolute Gasteiger partial charge is 0.331 e. The van der Waals surface area contributed by atoms with E-state index in [9.17, 15) is 4.79 Å². The predicted molar refractivity (Wildman–Crippen MR) is 106 cm³/mol. The summed E-state index contributed by atoms with van der Waals surface area (Å²) >= 11 is 0. The van der Waals surface area contributed by atoms with Crippen LogP contribution in [0.25, 0.3) is 17.2 Å². The molecule has 0 saturated heterocycles. The molecule has 0 bridgehead atoms. The van der Waals surface area contributed by atoms with Gasteiger partial charge in [0.05, 0.1) is 6.61 Å². The third-order valence-electron chi connectivity index (χ3n) is 4.10. The first-order valence-electron chi connectivity index (χ1n) is 8.97. The van der Waals surface area contributed by atoms with Gasteiger partial charge in [-0.05, 0) is 55.3 Å². The maximum atomic E-state index is 11.1. The summed E-state index contributed by atoms with van der Waals surface area (Å²) in [4.78, 5) is 11.1. The van der Waals surface area contributed by atoms with Crippen molar-refractivity contribution in [3.8, 4) is 16.9 Å². The molecule has 2 aromatic carbocycles. The highest BCUT2D eigenvalue weighted by atomic mass is 16.5. The van der Waals surface area contributed by atoms with Crippen LogP contribution in [0.5, 0.6) is 5.75 Å². The highest BCUT2D eigenvalue weighted by Gasteiger charge is 2.09. The van der Waals surface area contributed by atoms with Crippen molar-refractivity contribution in [3.63, 3.8) is 0 Å². The molecule has 0 spiro atoms. The third-order valence-corrected chi connectivity index (χ3v) is 4.10. The van der Waals surface area contributed by atoms with E-state index in [2.05, 4.69) is 30.4 Å². The molecular weight excluding hydrogens is 326 g/mol. The summed E-state index contributed by atoms with van der Waals surface area (Å²) in [5.74, 6) is -0.130. The molecule has 138 valence electrons. The highest BCUT2D eigenvalue weighted by Crippen LogP contribution is 2.32. The van der Waals surface area contributed by atoms with Crippen LogP contribution in [0.15, 0.2) is 48.0 Å². The van der Waals surface area contributed by atoms with Gasteiger partial charge in [0.15, 0.2) is 0 Å². The Bertz CT molecular complexity index is 781. The van der Waals surface area contributed by atoms with Gasteiger partial charge in [0.1, 0.15) is 5.75 Å². The second kappa shape index (κ2) is 9.78. The van der Waals surface area contributed by atoms with Crippen LogP contribution in [0.1, 0.15) is 37.8 Å². The van der Waals surface area contributed by atoms with E-state index in [1.807, 2.05) is 31.3 Å². The lowest BCUT2D eigenvalue weighted by atomic mass is 9.99. The van der Waals surface area contributed by atoms with Gasteiger partial charge in [-0.25, -0.2) is 4.79 Å². The lowest BCUT2D eigenvalue weighted by Crippen LogP contribution is -2.05. The maximum absolute atomic E-state index is 11.1. The molecular formula is C22H27NO3. The van der Waals surface area contributed by atoms with Crippen molar-refractivity contribution in [2.75, 3.05) is 13.7 Å². The summed E-state index contributed by atoms with van der Waals surface area (Å²) in [6, 6.07) is 14.2. The van der Waals surface area contributed by atoms with Crippen molar-refractivity contribution in [3.05, 3.63) is 59.2 Å². The number of unbranched alkanes of at least 4 members (excludes halogenated alkanes) is 1. The molecule has 0 fully saturated rings. The topological polar surface area (TPSA) is 58.6 Å². The van der Waals surface area contributed by atoms with Crippen LogP contribution < -0.4 is 10.1 Å². The molecule has 0 unspecified atom stereocenters. The molecule has 4 nitrogen and oxygen atoms in total. The Hall–Kier alpha value is -2.59. The molecule has 0 atom stereocenters. The first-order chi connectivity index (χ1) is 12.5. The number of carboxylic acids is 1. The van der Waals surface area contributed by atoms with Crippen molar-refractivity contribution >= 4 is 12.0 Å². The van der Waals surface area contributed by atoms with E-state index in [1.165, 1.54) is 5.56 Å². The molecule has 26 heavy (non-hydrogen) atoms. The summed E-state index contributed by atoms with van der Waals surface area (Å²) in [6.45, 7) is 5.17. The van der Waals surface area contributed by atoms with Gasteiger partial charge in [-0.1, -0.05) is 43.7 Å². The number of aliphatic carboxylic acids is 1. The number of benzene rings is 2. The van der Waals surface area contributed by atoms with Crippen molar-refractivity contribution < 1.29 is 14.6 Å². The standard InChI is InChI=1S/C22H27NO3/c1-4-5-11-26-21-14-17(12-16(2)22(24)25)9-10-20(21)19-8-6-7-18(13-19)15-23-3/h6-10,12-14,23H,4-5,11,15H2,1-3H3,(H,24,25)/b16-12+. The number of carbonyl (C=O) groups is 1. The zero-order chi connectivity index (χ0) is 18.9. The van der Waals surface area contributed by atoms with Gasteiger partial charge in [0.2, 0.25) is 0 Å². The first-order valence-corrected chi connectivity index (χ1v) is 8.97. The predicted octanol–water partition coefficient (Wildman–Crippen LogP) is 4.74. The fraction of sp³-hybridized carbons (Fsp3) is 0.318. The Morgan fingerprint density at radius 2 is 2.04 bits per heavy atom. The second-order valence-corrected chi connectivity index (χ2v) is 6.32. The first kappa shape index (κ1) is 19.7. The Morgan fingerprint density at radius 1 is 1.23 bits per heavy atom. The number of carboxylic acid groups (broad SMARTS) is 1. The van der Waals surface area contributed by atoms with Gasteiger partial charge in [0, 0.05) is 17.7 Å². The van der Waals surface area contributed by atoms with E-state index in [0.717, 1.165) is 41.8 Å². The van der Waals surface area contributed by atoms with Gasteiger partial charge >= 0.3 is 5.97 Å². The molecule has 0 aromatic heterocycles. The normalized spacial score (nSPS) is 11.4. The van der Waals surface area contributed by atoms with Crippen LogP contribution in [0.2, 0.25) is 0 Å². The van der Waals surface area contributed by atoms with Crippen LogP contribution in [0, 0.1) is 0 Å². The van der Waals surface area contributed by atoms with E-state index in [0.29, 0.717) is 12.2 Å². The molecule has 0 heterocycles. The third kappa shape index (κ3) is 5.46. The van der Waals surface area contributed by atoms with Crippen LogP contribution in [-0.4, -0.2) is 24.7 Å². The van der Waals surface area contributed by atoms with E-state index < -0.39 is 5.97 Å². The molecule has 0 aliphatic carbocycles. The maximum Gasteiger partial charge on any atom is 0.331 e. The lowest BCUT2D eigenvalue weighted by molar-refractivity contribution is -0.132. The summed E-state index contributed by atoms with van der Waals surface area (Å²) < 4.78 is 6.02. The van der Waals surface area contributed by atoms with Crippen molar-refractivity contribution in [1.29, 1.82) is 0 Å². The number of hydrogen-bond donors (Lipinski definition) is 2. The molecule has 0 amide bonds. The number of ether oxygens (including phenoxy) is 1. The summed E-state index contributed by atoms with van der Waals surface area (Å²) in [5.41, 5.74) is 4.44. The van der Waals surface area contributed by atoms with E-state index in [4.69, 9.17) is 9.84 Å². The van der Waals surface area contributed by atoms with E-state index in [1.54, 1.807) is 13.0 Å². The Balaban J connectivity index is 2.42. The van der Waals surface area contributed by atoms with E-state index >= 15 is 0 Å². The molecule has 4 heteroatoms. The Labute approximate surface area is 155 Å². The van der Waals surface area contributed by atoms with Gasteiger partial charge in [0.25, 0.3) is 0 Å². The molecule has 2 N–H and O–H groups in total. The summed E-state index contributed by atoms with van der Waals surface area (Å²) in [5, 5.41) is 12.3. The van der Waals surface area contributed by atoms with Gasteiger partial charge in [-0.15, -0.1) is 0 Å². The molecule has 0 aliphatic rings. The number of rotatable bonds is 9. The van der Waals surface area contributed by atoms with Gasteiger partial charge in [-0.3, -0.25) is 0 Å². The minimum atomic E-state index is -0.915. The Kier molecular flexibility index (Phi) is 7.42. The van der Waals surface area contributed by atoms with Crippen molar-refractivity contribution in [2.24, 2.45) is 0 Å². The highest BCUT2D eigenvalue weighted by molar-refractivity contribution is 5.91. The van der Waals surface area contributed by atoms with Crippen LogP contribution in [-0.2, 0) is 11.3 Å². The molecule has 0 radical (unpaired) electrons. The number of hydrogen-bond acceptors (Lipinski definition) is 3. The average molecular weight is 353 g/mol. The van der Waals surface area contributed by atoms with Gasteiger partial charge in [-0.2, -0.15) is 0 Å².